The summed E-state index contributed by atoms with van der Waals surface area (Å²) in [7, 11) is 18.4. The van der Waals surface area contributed by atoms with Gasteiger partial charge in [0.25, 0.3) is 0 Å². The van der Waals surface area contributed by atoms with Crippen LogP contribution in [0.25, 0.3) is 11.4 Å². The summed E-state index contributed by atoms with van der Waals surface area (Å²) in [6, 6.07) is 8.87. The third kappa shape index (κ3) is 3.86. The average Bonchev–Trinajstić information content (AvgIpc) is 3.31. The van der Waals surface area contributed by atoms with Gasteiger partial charge in [-0.05, 0) is 42.0 Å². The molecule has 0 N–H and O–H groups in total. The first-order valence-corrected chi connectivity index (χ1v) is 9.26. The molecule has 0 fully saturated rings. The number of rotatable bonds is 5. The van der Waals surface area contributed by atoms with Gasteiger partial charge in [0.05, 0.1) is 23.5 Å². The number of aryl methyl sites for hydroxylation is 2. The fourth-order valence-electron chi connectivity index (χ4n) is 3.67. The molecule has 1 aliphatic rings. The van der Waals surface area contributed by atoms with Crippen LogP contribution in [0, 0.1) is 0 Å². The second kappa shape index (κ2) is 7.21. The number of aromatic nitrogens is 3. The number of ketones is 1. The van der Waals surface area contributed by atoms with E-state index in [0.29, 0.717) is 17.8 Å². The maximum absolute atomic E-state index is 12.7. The largest absolute Gasteiger partial charge is 0.341 e. The van der Waals surface area contributed by atoms with Gasteiger partial charge < -0.3 is 9.09 Å². The van der Waals surface area contributed by atoms with Crippen molar-refractivity contribution in [1.82, 2.24) is 14.7 Å². The summed E-state index contributed by atoms with van der Waals surface area (Å²) in [5.41, 5.74) is 3.47. The van der Waals surface area contributed by atoms with Crippen molar-refractivity contribution in [2.45, 2.75) is 30.3 Å². The summed E-state index contributed by atoms with van der Waals surface area (Å²) in [6.45, 7) is 0. The molecule has 0 saturated heterocycles. The van der Waals surface area contributed by atoms with Crippen LogP contribution in [0.3, 0.4) is 0 Å². The van der Waals surface area contributed by atoms with Crippen LogP contribution in [0.15, 0.2) is 45.8 Å². The van der Waals surface area contributed by atoms with Crippen molar-refractivity contribution in [1.29, 1.82) is 0 Å². The van der Waals surface area contributed by atoms with E-state index in [9.17, 15) is 9.59 Å². The van der Waals surface area contributed by atoms with E-state index in [2.05, 4.69) is 10.1 Å². The molecule has 1 aliphatic carbocycles. The van der Waals surface area contributed by atoms with Gasteiger partial charge >= 0.3 is 0 Å². The molecule has 0 spiro atoms. The van der Waals surface area contributed by atoms with Gasteiger partial charge in [-0.3, -0.25) is 9.59 Å². The molecular weight excluding hydrogens is 363 g/mol. The number of Topliss-reactive ketones (excluding diaryl/α,β-unsaturated/α-hetero) is 1. The molecule has 0 unspecified atom stereocenters. The summed E-state index contributed by atoms with van der Waals surface area (Å²) in [5, 5.41) is 2.21. The minimum Gasteiger partial charge on any atom is -0.341 e. The lowest BCUT2D eigenvalue weighted by Crippen LogP contribution is -2.27. The van der Waals surface area contributed by atoms with Crippen LogP contribution < -0.4 is 5.56 Å². The Labute approximate surface area is 171 Å². The zero-order valence-electron chi connectivity index (χ0n) is 16.0. The lowest BCUT2D eigenvalue weighted by atomic mass is 9.42. The van der Waals surface area contributed by atoms with Crippen LogP contribution in [0.2, 0.25) is 0 Å². The fraction of sp³-hybridized carbons (Fsp3) is 0.300. The minimum absolute atomic E-state index is 0.0236. The summed E-state index contributed by atoms with van der Waals surface area (Å²) in [6.07, 6.45) is 3.72. The number of pyridine rings is 1. The smallest absolute Gasteiger partial charge is 0.250 e. The predicted molar refractivity (Wildman–Crippen MR) is 110 cm³/mol. The molecule has 4 rings (SSSR count). The highest BCUT2D eigenvalue weighted by Crippen LogP contribution is 2.38. The van der Waals surface area contributed by atoms with Gasteiger partial charge in [0.2, 0.25) is 17.3 Å². The molecule has 1 atom stereocenters. The molecule has 138 valence electrons. The lowest BCUT2D eigenvalue weighted by molar-refractivity contribution is 0.0973. The maximum atomic E-state index is 12.7. The Bertz CT molecular complexity index is 1150. The van der Waals surface area contributed by atoms with Gasteiger partial charge in [0.1, 0.15) is 0 Å². The van der Waals surface area contributed by atoms with Crippen LogP contribution in [-0.2, 0) is 18.6 Å². The number of hydrogen-bond acceptors (Lipinski definition) is 5. The molecule has 6 nitrogen and oxygen atoms in total. The van der Waals surface area contributed by atoms with Crippen LogP contribution in [0.4, 0.5) is 0 Å². The first-order valence-electron chi connectivity index (χ1n) is 9.26. The van der Waals surface area contributed by atoms with Crippen LogP contribution in [0.5, 0.6) is 0 Å². The summed E-state index contributed by atoms with van der Waals surface area (Å²) >= 11 is 0. The number of benzene rings is 1. The van der Waals surface area contributed by atoms with E-state index in [0.717, 1.165) is 29.5 Å². The molecule has 1 aromatic carbocycles. The Morgan fingerprint density at radius 1 is 1.28 bits per heavy atom. The van der Waals surface area contributed by atoms with Crippen LogP contribution >= 0.6 is 0 Å². The number of fused-ring (bicyclic) bond motifs is 1. The molecule has 0 aliphatic heterocycles. The normalized spacial score (nSPS) is 16.0. The van der Waals surface area contributed by atoms with E-state index >= 15 is 0 Å². The Morgan fingerprint density at radius 3 is 2.76 bits per heavy atom. The van der Waals surface area contributed by atoms with Crippen molar-refractivity contribution in [3.63, 3.8) is 0 Å². The third-order valence-corrected chi connectivity index (χ3v) is 5.24. The molecular formula is C20H16B3N3O3. The van der Waals surface area contributed by atoms with Crippen LogP contribution in [0.1, 0.15) is 46.1 Å². The van der Waals surface area contributed by atoms with Crippen molar-refractivity contribution in [2.75, 3.05) is 0 Å². The molecule has 0 bridgehead atoms. The van der Waals surface area contributed by atoms with Gasteiger partial charge in [0.15, 0.2) is 5.78 Å². The summed E-state index contributed by atoms with van der Waals surface area (Å²) in [4.78, 5) is 28.4. The highest BCUT2D eigenvalue weighted by molar-refractivity contribution is 6.58. The first kappa shape index (κ1) is 19.5. The highest BCUT2D eigenvalue weighted by Gasteiger charge is 2.27. The Kier molecular flexibility index (Phi) is 4.85. The van der Waals surface area contributed by atoms with Gasteiger partial charge in [-0.2, -0.15) is 4.98 Å². The molecule has 0 amide bonds. The van der Waals surface area contributed by atoms with E-state index in [1.165, 1.54) is 10.6 Å². The van der Waals surface area contributed by atoms with Crippen molar-refractivity contribution < 1.29 is 9.32 Å². The van der Waals surface area contributed by atoms with E-state index in [1.807, 2.05) is 18.2 Å². The van der Waals surface area contributed by atoms with Crippen molar-refractivity contribution >= 4 is 29.3 Å². The molecule has 0 saturated carbocycles. The molecule has 6 radical (unpaired) electrons. The Hall–Kier alpha value is -2.83. The third-order valence-electron chi connectivity index (χ3n) is 5.24. The van der Waals surface area contributed by atoms with E-state index in [4.69, 9.17) is 28.1 Å². The maximum Gasteiger partial charge on any atom is 0.250 e. The summed E-state index contributed by atoms with van der Waals surface area (Å²) in [5.74, 6) is 0.469. The number of nitrogens with zero attached hydrogens (tertiary/aromatic N) is 3. The molecule has 3 aromatic rings. The monoisotopic (exact) mass is 379 g/mol. The van der Waals surface area contributed by atoms with E-state index in [-0.39, 0.29) is 23.2 Å². The van der Waals surface area contributed by atoms with Crippen molar-refractivity contribution in [3.8, 4) is 11.4 Å². The van der Waals surface area contributed by atoms with Crippen LogP contribution in [-0.4, -0.2) is 44.0 Å². The number of carbonyl (C=O) groups is 1. The lowest BCUT2D eigenvalue weighted by Gasteiger charge is -2.12. The van der Waals surface area contributed by atoms with Gasteiger partial charge in [-0.25, -0.2) is 0 Å². The summed E-state index contributed by atoms with van der Waals surface area (Å²) < 4.78 is 6.46. The van der Waals surface area contributed by atoms with E-state index < -0.39 is 5.11 Å². The number of carbonyl (C=O) groups excluding carboxylic acids is 1. The SMILES string of the molecule is [B]C([B])([B])c1nc(-c2ccc3c(c2)CC[C@H]3CC(=O)c2ccc(=O)n(C)c2)no1. The second-order valence-corrected chi connectivity index (χ2v) is 7.50. The van der Waals surface area contributed by atoms with E-state index in [1.54, 1.807) is 19.3 Å². The molecule has 29 heavy (non-hydrogen) atoms. The second-order valence-electron chi connectivity index (χ2n) is 7.50. The zero-order valence-corrected chi connectivity index (χ0v) is 16.0. The Balaban J connectivity index is 1.54. The minimum atomic E-state index is -1.69. The first-order chi connectivity index (χ1) is 13.7. The number of hydrogen-bond donors (Lipinski definition) is 0. The highest BCUT2D eigenvalue weighted by atomic mass is 16.5. The molecule has 9 heteroatoms. The van der Waals surface area contributed by atoms with Crippen molar-refractivity contribution in [3.05, 3.63) is 69.5 Å². The fourth-order valence-corrected chi connectivity index (χ4v) is 3.67. The predicted octanol–water partition coefficient (Wildman–Crippen LogP) is 1.35. The van der Waals surface area contributed by atoms with Gasteiger partial charge in [-0.15, -0.1) is 0 Å². The van der Waals surface area contributed by atoms with Gasteiger partial charge in [-0.1, -0.05) is 22.4 Å². The Morgan fingerprint density at radius 2 is 2.07 bits per heavy atom. The standard InChI is InChI=1S/C20H16B3N3O3/c1-26-10-14(5-7-17(26)28)16(27)9-12-3-2-11-8-13(4-6-15(11)12)18-24-19(29-25-18)20(21,22)23/h4-8,10,12H,2-3,9H2,1H3/t12-/m0/s1. The topological polar surface area (TPSA) is 78.0 Å². The molecule has 2 aromatic heterocycles. The molecule has 2 heterocycles. The average molecular weight is 379 g/mol. The quantitative estimate of drug-likeness (QED) is 0.495. The van der Waals surface area contributed by atoms with Crippen molar-refractivity contribution in [2.24, 2.45) is 7.05 Å². The van der Waals surface area contributed by atoms with Gasteiger partial charge in [0, 0.05) is 36.9 Å². The zero-order chi connectivity index (χ0) is 20.8.